The van der Waals surface area contributed by atoms with Crippen LogP contribution < -0.4 is 5.32 Å². The zero-order valence-corrected chi connectivity index (χ0v) is 20.0. The molecule has 0 radical (unpaired) electrons. The van der Waals surface area contributed by atoms with Gasteiger partial charge < -0.3 is 10.2 Å². The van der Waals surface area contributed by atoms with Crippen LogP contribution in [0.5, 0.6) is 0 Å². The fraction of sp³-hybridized carbons (Fsp3) is 0.500. The summed E-state index contributed by atoms with van der Waals surface area (Å²) in [7, 11) is 0. The molecule has 32 heavy (non-hydrogen) atoms. The number of aryl methyl sites for hydroxylation is 3. The molecule has 7 nitrogen and oxygen atoms in total. The first-order chi connectivity index (χ1) is 15.3. The fourth-order valence-corrected chi connectivity index (χ4v) is 5.32. The fourth-order valence-electron chi connectivity index (χ4n) is 4.46. The van der Waals surface area contributed by atoms with Crippen LogP contribution in [0.15, 0.2) is 24.3 Å². The molecule has 170 valence electrons. The van der Waals surface area contributed by atoms with E-state index in [0.717, 1.165) is 45.1 Å². The van der Waals surface area contributed by atoms with Crippen molar-refractivity contribution in [1.29, 1.82) is 0 Å². The lowest BCUT2D eigenvalue weighted by Crippen LogP contribution is -2.42. The summed E-state index contributed by atoms with van der Waals surface area (Å²) in [6.07, 6.45) is 2.21. The molecule has 1 saturated heterocycles. The normalized spacial score (nSPS) is 15.8. The topological polar surface area (TPSA) is 80.1 Å². The smallest absolute Gasteiger partial charge is 0.227 e. The molecule has 0 saturated carbocycles. The first kappa shape index (κ1) is 22.5. The zero-order valence-electron chi connectivity index (χ0n) is 19.2. The molecule has 1 aromatic carbocycles. The highest BCUT2D eigenvalue weighted by atomic mass is 32.1. The van der Waals surface area contributed by atoms with E-state index in [0.29, 0.717) is 32.0 Å². The second-order valence-electron chi connectivity index (χ2n) is 8.95. The van der Waals surface area contributed by atoms with Gasteiger partial charge >= 0.3 is 0 Å². The number of benzene rings is 1. The molecule has 1 fully saturated rings. The van der Waals surface area contributed by atoms with Crippen molar-refractivity contribution in [2.24, 2.45) is 11.8 Å². The summed E-state index contributed by atoms with van der Waals surface area (Å²) in [5.41, 5.74) is 3.84. The van der Waals surface area contributed by atoms with Gasteiger partial charge in [-0.15, -0.1) is 11.3 Å². The van der Waals surface area contributed by atoms with Crippen molar-refractivity contribution >= 4 is 39.1 Å². The third kappa shape index (κ3) is 5.18. The van der Waals surface area contributed by atoms with E-state index in [1.54, 1.807) is 11.3 Å². The van der Waals surface area contributed by atoms with Crippen LogP contribution in [0.4, 0.5) is 5.69 Å². The van der Waals surface area contributed by atoms with Gasteiger partial charge in [-0.1, -0.05) is 6.92 Å². The summed E-state index contributed by atoms with van der Waals surface area (Å²) in [4.78, 5) is 31.9. The molecule has 3 heterocycles. The van der Waals surface area contributed by atoms with Crippen LogP contribution in [0.2, 0.25) is 0 Å². The van der Waals surface area contributed by atoms with E-state index >= 15 is 0 Å². The van der Waals surface area contributed by atoms with Gasteiger partial charge in [-0.2, -0.15) is 5.10 Å². The van der Waals surface area contributed by atoms with Gasteiger partial charge in [0.15, 0.2) is 0 Å². The molecule has 0 aliphatic carbocycles. The van der Waals surface area contributed by atoms with Gasteiger partial charge in [-0.25, -0.2) is 4.98 Å². The Morgan fingerprint density at radius 2 is 1.94 bits per heavy atom. The van der Waals surface area contributed by atoms with Gasteiger partial charge in [0.05, 0.1) is 33.4 Å². The number of anilines is 1. The van der Waals surface area contributed by atoms with E-state index in [1.165, 1.54) is 0 Å². The highest BCUT2D eigenvalue weighted by molar-refractivity contribution is 7.18. The number of thiazole rings is 1. The Balaban J connectivity index is 1.25. The quantitative estimate of drug-likeness (QED) is 0.603. The summed E-state index contributed by atoms with van der Waals surface area (Å²) < 4.78 is 3.00. The number of rotatable bonds is 6. The van der Waals surface area contributed by atoms with E-state index < -0.39 is 0 Å². The third-order valence-corrected chi connectivity index (χ3v) is 7.08. The first-order valence-corrected chi connectivity index (χ1v) is 12.1. The Bertz CT molecular complexity index is 1130. The van der Waals surface area contributed by atoms with Crippen molar-refractivity contribution in [3.63, 3.8) is 0 Å². The largest absolute Gasteiger partial charge is 0.342 e. The average Bonchev–Trinajstić information content (AvgIpc) is 3.27. The molecule has 4 rings (SSSR count). The summed E-state index contributed by atoms with van der Waals surface area (Å²) in [5.74, 6) is 0.403. The molecule has 0 bridgehead atoms. The van der Waals surface area contributed by atoms with Crippen LogP contribution in [0.3, 0.4) is 0 Å². The number of hydrogen-bond donors (Lipinski definition) is 1. The lowest BCUT2D eigenvalue weighted by atomic mass is 9.92. The van der Waals surface area contributed by atoms with E-state index in [4.69, 9.17) is 0 Å². The first-order valence-electron chi connectivity index (χ1n) is 11.3. The van der Waals surface area contributed by atoms with Gasteiger partial charge in [0.25, 0.3) is 0 Å². The Hall–Kier alpha value is -2.74. The second-order valence-corrected chi connectivity index (χ2v) is 10.2. The lowest BCUT2D eigenvalue weighted by Gasteiger charge is -2.33. The Labute approximate surface area is 192 Å². The molecule has 1 aliphatic rings. The number of likely N-dealkylation sites (tertiary alicyclic amines) is 1. The number of nitrogens with one attached hydrogen (secondary N) is 1. The Morgan fingerprint density at radius 1 is 1.19 bits per heavy atom. The van der Waals surface area contributed by atoms with Gasteiger partial charge in [-0.3, -0.25) is 14.3 Å². The van der Waals surface area contributed by atoms with E-state index in [9.17, 15) is 9.59 Å². The molecular weight excluding hydrogens is 422 g/mol. The van der Waals surface area contributed by atoms with Crippen molar-refractivity contribution in [2.75, 3.05) is 18.4 Å². The SMILES string of the molecule is Cc1cc(C)n(CC(C)C(=O)N2CCC(CC(=O)Nc3ccc4nc(C)sc4c3)CC2)n1. The van der Waals surface area contributed by atoms with E-state index in [1.807, 2.05) is 61.5 Å². The Morgan fingerprint density at radius 3 is 2.62 bits per heavy atom. The minimum absolute atomic E-state index is 0.0354. The van der Waals surface area contributed by atoms with Crippen molar-refractivity contribution in [2.45, 2.75) is 53.5 Å². The maximum atomic E-state index is 12.9. The number of aromatic nitrogens is 3. The summed E-state index contributed by atoms with van der Waals surface area (Å²) in [6.45, 7) is 9.97. The predicted molar refractivity (Wildman–Crippen MR) is 128 cm³/mol. The maximum Gasteiger partial charge on any atom is 0.227 e. The average molecular weight is 454 g/mol. The Kier molecular flexibility index (Phi) is 6.60. The highest BCUT2D eigenvalue weighted by Crippen LogP contribution is 2.26. The molecule has 3 aromatic rings. The van der Waals surface area contributed by atoms with Crippen molar-refractivity contribution in [3.05, 3.63) is 40.7 Å². The number of hydrogen-bond acceptors (Lipinski definition) is 5. The summed E-state index contributed by atoms with van der Waals surface area (Å²) in [5, 5.41) is 8.52. The van der Waals surface area contributed by atoms with Crippen molar-refractivity contribution in [1.82, 2.24) is 19.7 Å². The van der Waals surface area contributed by atoms with Crippen molar-refractivity contribution in [3.8, 4) is 0 Å². The zero-order chi connectivity index (χ0) is 22.8. The number of fused-ring (bicyclic) bond motifs is 1. The predicted octanol–water partition coefficient (Wildman–Crippen LogP) is 4.32. The van der Waals surface area contributed by atoms with Crippen LogP contribution in [0.1, 0.15) is 42.6 Å². The highest BCUT2D eigenvalue weighted by Gasteiger charge is 2.27. The molecule has 2 aromatic heterocycles. The lowest BCUT2D eigenvalue weighted by molar-refractivity contribution is -0.137. The summed E-state index contributed by atoms with van der Waals surface area (Å²) in [6, 6.07) is 7.88. The standard InChI is InChI=1S/C24H31N5O2S/c1-15(14-29-17(3)11-16(2)27-29)24(31)28-9-7-19(8-10-28)12-23(30)26-20-5-6-21-22(13-20)32-18(4)25-21/h5-6,11,13,15,19H,7-10,12,14H2,1-4H3,(H,26,30). The maximum absolute atomic E-state index is 12.9. The molecular formula is C24H31N5O2S. The molecule has 1 aliphatic heterocycles. The number of piperidine rings is 1. The monoisotopic (exact) mass is 453 g/mol. The number of nitrogens with zero attached hydrogens (tertiary/aromatic N) is 4. The van der Waals surface area contributed by atoms with Crippen LogP contribution in [0, 0.1) is 32.6 Å². The molecule has 1 unspecified atom stereocenters. The van der Waals surface area contributed by atoms with Crippen LogP contribution >= 0.6 is 11.3 Å². The minimum atomic E-state index is -0.113. The molecule has 2 amide bonds. The van der Waals surface area contributed by atoms with Crippen molar-refractivity contribution < 1.29 is 9.59 Å². The molecule has 1 atom stereocenters. The van der Waals surface area contributed by atoms with Gasteiger partial charge in [0.2, 0.25) is 11.8 Å². The minimum Gasteiger partial charge on any atom is -0.342 e. The van der Waals surface area contributed by atoms with Crippen LogP contribution in [-0.2, 0) is 16.1 Å². The van der Waals surface area contributed by atoms with E-state index in [2.05, 4.69) is 15.4 Å². The van der Waals surface area contributed by atoms with Crippen LogP contribution in [0.25, 0.3) is 10.2 Å². The number of amides is 2. The van der Waals surface area contributed by atoms with Gasteiger partial charge in [0, 0.05) is 30.9 Å². The third-order valence-electron chi connectivity index (χ3n) is 6.15. The molecule has 0 spiro atoms. The molecule has 1 N–H and O–H groups in total. The number of carbonyl (C=O) groups excluding carboxylic acids is 2. The van der Waals surface area contributed by atoms with E-state index in [-0.39, 0.29) is 17.7 Å². The van der Waals surface area contributed by atoms with Gasteiger partial charge in [-0.05, 0) is 63.8 Å². The van der Waals surface area contributed by atoms with Gasteiger partial charge in [0.1, 0.15) is 0 Å². The number of carbonyl (C=O) groups is 2. The summed E-state index contributed by atoms with van der Waals surface area (Å²) >= 11 is 1.63. The second kappa shape index (κ2) is 9.40. The van der Waals surface area contributed by atoms with Crippen LogP contribution in [-0.4, -0.2) is 44.6 Å². The molecule has 8 heteroatoms.